The molecule has 0 radical (unpaired) electrons. The number of ether oxygens (including phenoxy) is 1. The summed E-state index contributed by atoms with van der Waals surface area (Å²) in [5.41, 5.74) is 6.13. The lowest BCUT2D eigenvalue weighted by atomic mass is 10.3. The van der Waals surface area contributed by atoms with Crippen LogP contribution in [0.3, 0.4) is 0 Å². The van der Waals surface area contributed by atoms with Gasteiger partial charge >= 0.3 is 0 Å². The molecule has 0 aliphatic carbocycles. The maximum absolute atomic E-state index is 5.87. The number of nitrogens with two attached hydrogens (primary N) is 1. The zero-order chi connectivity index (χ0) is 11.7. The fraction of sp³-hybridized carbons (Fsp3) is 0.167. The first-order valence-electron chi connectivity index (χ1n) is 5.29. The summed E-state index contributed by atoms with van der Waals surface area (Å²) < 4.78 is 5.87. The minimum atomic E-state index is -0.101. The zero-order valence-electron chi connectivity index (χ0n) is 9.04. The Hall–Kier alpha value is -1.75. The van der Waals surface area contributed by atoms with E-state index in [4.69, 9.17) is 10.5 Å². The minimum absolute atomic E-state index is 0.101. The Labute approximate surface area is 103 Å². The van der Waals surface area contributed by atoms with Crippen molar-refractivity contribution < 1.29 is 4.74 Å². The quantitative estimate of drug-likeness (QED) is 0.835. The lowest BCUT2D eigenvalue weighted by molar-refractivity contribution is 0.210. The van der Waals surface area contributed by atoms with Crippen molar-refractivity contribution in [3.05, 3.63) is 42.5 Å². The fourth-order valence-electron chi connectivity index (χ4n) is 1.66. The van der Waals surface area contributed by atoms with Crippen molar-refractivity contribution >= 4 is 17.4 Å². The van der Waals surface area contributed by atoms with Gasteiger partial charge in [-0.05, 0) is 12.1 Å². The van der Waals surface area contributed by atoms with Crippen LogP contribution in [0.4, 0.5) is 5.69 Å². The highest BCUT2D eigenvalue weighted by Gasteiger charge is 2.23. The topological polar surface area (TPSA) is 61.0 Å². The van der Waals surface area contributed by atoms with Gasteiger partial charge in [-0.3, -0.25) is 0 Å². The molecule has 0 amide bonds. The molecule has 2 heterocycles. The van der Waals surface area contributed by atoms with Crippen LogP contribution in [0.2, 0.25) is 0 Å². The molecule has 1 atom stereocenters. The first-order chi connectivity index (χ1) is 8.33. The Balaban J connectivity index is 1.86. The standard InChI is InChI=1S/C12H11N3OS/c13-8-5-14-12(15-6-8)10-7-17-11-4-2-1-3-9(11)16-10/h1-6,10H,7,13H2. The number of aromatic nitrogens is 2. The molecule has 17 heavy (non-hydrogen) atoms. The number of anilines is 1. The highest BCUT2D eigenvalue weighted by atomic mass is 32.2. The molecule has 86 valence electrons. The highest BCUT2D eigenvalue weighted by molar-refractivity contribution is 7.99. The van der Waals surface area contributed by atoms with Crippen LogP contribution in [0.5, 0.6) is 5.75 Å². The third-order valence-electron chi connectivity index (χ3n) is 2.49. The van der Waals surface area contributed by atoms with Gasteiger partial charge in [0.25, 0.3) is 0 Å². The number of nitrogens with zero attached hydrogens (tertiary/aromatic N) is 2. The Kier molecular flexibility index (Phi) is 2.60. The van der Waals surface area contributed by atoms with Gasteiger partial charge in [0.1, 0.15) is 5.75 Å². The number of hydrogen-bond acceptors (Lipinski definition) is 5. The number of rotatable bonds is 1. The van der Waals surface area contributed by atoms with Gasteiger partial charge in [0, 0.05) is 10.6 Å². The molecule has 1 aromatic heterocycles. The van der Waals surface area contributed by atoms with Crippen molar-refractivity contribution in [2.45, 2.75) is 11.0 Å². The number of nitrogen functional groups attached to an aromatic ring is 1. The van der Waals surface area contributed by atoms with E-state index in [1.165, 1.54) is 4.90 Å². The molecule has 0 saturated carbocycles. The average molecular weight is 245 g/mol. The van der Waals surface area contributed by atoms with E-state index in [1.807, 2.05) is 18.2 Å². The number of para-hydroxylation sites is 1. The summed E-state index contributed by atoms with van der Waals surface area (Å²) in [5, 5.41) is 0. The molecule has 3 rings (SSSR count). The van der Waals surface area contributed by atoms with Crippen molar-refractivity contribution in [1.82, 2.24) is 9.97 Å². The Morgan fingerprint density at radius 1 is 1.24 bits per heavy atom. The summed E-state index contributed by atoms with van der Waals surface area (Å²) in [7, 11) is 0. The minimum Gasteiger partial charge on any atom is -0.480 e. The lowest BCUT2D eigenvalue weighted by Crippen LogP contribution is -2.17. The fourth-order valence-corrected chi connectivity index (χ4v) is 2.64. The van der Waals surface area contributed by atoms with E-state index in [0.717, 1.165) is 11.5 Å². The molecule has 2 N–H and O–H groups in total. The summed E-state index contributed by atoms with van der Waals surface area (Å²) in [6.45, 7) is 0. The smallest absolute Gasteiger partial charge is 0.170 e. The molecular weight excluding hydrogens is 234 g/mol. The third-order valence-corrected chi connectivity index (χ3v) is 3.61. The van der Waals surface area contributed by atoms with Crippen molar-refractivity contribution in [2.24, 2.45) is 0 Å². The van der Waals surface area contributed by atoms with Crippen molar-refractivity contribution in [1.29, 1.82) is 0 Å². The van der Waals surface area contributed by atoms with Crippen LogP contribution < -0.4 is 10.5 Å². The number of benzene rings is 1. The van der Waals surface area contributed by atoms with Gasteiger partial charge in [0.05, 0.1) is 18.1 Å². The molecule has 5 heteroatoms. The van der Waals surface area contributed by atoms with E-state index in [9.17, 15) is 0 Å². The Morgan fingerprint density at radius 2 is 2.00 bits per heavy atom. The van der Waals surface area contributed by atoms with Crippen LogP contribution >= 0.6 is 11.8 Å². The maximum Gasteiger partial charge on any atom is 0.170 e. The van der Waals surface area contributed by atoms with Gasteiger partial charge in [0.15, 0.2) is 11.9 Å². The van der Waals surface area contributed by atoms with Crippen LogP contribution in [0.25, 0.3) is 0 Å². The molecule has 0 bridgehead atoms. The maximum atomic E-state index is 5.87. The van der Waals surface area contributed by atoms with E-state index in [-0.39, 0.29) is 6.10 Å². The van der Waals surface area contributed by atoms with Gasteiger partial charge in [-0.25, -0.2) is 9.97 Å². The first-order valence-corrected chi connectivity index (χ1v) is 6.27. The number of fused-ring (bicyclic) bond motifs is 1. The van der Waals surface area contributed by atoms with Crippen LogP contribution in [-0.4, -0.2) is 15.7 Å². The van der Waals surface area contributed by atoms with E-state index < -0.39 is 0 Å². The summed E-state index contributed by atoms with van der Waals surface area (Å²) in [5.74, 6) is 2.40. The second-order valence-corrected chi connectivity index (χ2v) is 4.80. The van der Waals surface area contributed by atoms with Gasteiger partial charge in [-0.1, -0.05) is 12.1 Å². The van der Waals surface area contributed by atoms with Crippen LogP contribution in [-0.2, 0) is 0 Å². The molecule has 2 aromatic rings. The van der Waals surface area contributed by atoms with Gasteiger partial charge in [-0.2, -0.15) is 0 Å². The molecule has 0 saturated heterocycles. The van der Waals surface area contributed by atoms with Gasteiger partial charge < -0.3 is 10.5 Å². The third kappa shape index (κ3) is 2.06. The van der Waals surface area contributed by atoms with E-state index >= 15 is 0 Å². The summed E-state index contributed by atoms with van der Waals surface area (Å²) in [6, 6.07) is 7.99. The summed E-state index contributed by atoms with van der Waals surface area (Å²) in [6.07, 6.45) is 3.11. The molecule has 1 aliphatic rings. The predicted molar refractivity (Wildman–Crippen MR) is 67.0 cm³/mol. The molecule has 4 nitrogen and oxygen atoms in total. The van der Waals surface area contributed by atoms with Gasteiger partial charge in [-0.15, -0.1) is 11.8 Å². The normalized spacial score (nSPS) is 18.2. The Bertz CT molecular complexity index is 530. The summed E-state index contributed by atoms with van der Waals surface area (Å²) >= 11 is 1.76. The molecule has 0 spiro atoms. The van der Waals surface area contributed by atoms with Crippen LogP contribution in [0.1, 0.15) is 11.9 Å². The number of hydrogen-bond donors (Lipinski definition) is 1. The lowest BCUT2D eigenvalue weighted by Gasteiger charge is -2.24. The molecule has 1 aromatic carbocycles. The van der Waals surface area contributed by atoms with E-state index in [0.29, 0.717) is 11.5 Å². The van der Waals surface area contributed by atoms with Crippen LogP contribution in [0.15, 0.2) is 41.6 Å². The van der Waals surface area contributed by atoms with E-state index in [1.54, 1.807) is 24.2 Å². The average Bonchev–Trinajstić information content (AvgIpc) is 2.39. The zero-order valence-corrected chi connectivity index (χ0v) is 9.85. The molecule has 1 aliphatic heterocycles. The highest BCUT2D eigenvalue weighted by Crippen LogP contribution is 2.39. The summed E-state index contributed by atoms with van der Waals surface area (Å²) in [4.78, 5) is 9.57. The second-order valence-electron chi connectivity index (χ2n) is 3.74. The van der Waals surface area contributed by atoms with Crippen molar-refractivity contribution in [3.63, 3.8) is 0 Å². The largest absolute Gasteiger partial charge is 0.480 e. The van der Waals surface area contributed by atoms with Gasteiger partial charge in [0.2, 0.25) is 0 Å². The molecule has 1 unspecified atom stereocenters. The predicted octanol–water partition coefficient (Wildman–Crippen LogP) is 2.28. The van der Waals surface area contributed by atoms with Crippen LogP contribution in [0, 0.1) is 0 Å². The Morgan fingerprint density at radius 3 is 2.82 bits per heavy atom. The first kappa shape index (κ1) is 10.4. The second kappa shape index (κ2) is 4.25. The number of thioether (sulfide) groups is 1. The van der Waals surface area contributed by atoms with Crippen molar-refractivity contribution in [2.75, 3.05) is 11.5 Å². The molecular formula is C12H11N3OS. The molecule has 0 fully saturated rings. The van der Waals surface area contributed by atoms with Crippen molar-refractivity contribution in [3.8, 4) is 5.75 Å². The van der Waals surface area contributed by atoms with E-state index in [2.05, 4.69) is 16.0 Å². The monoisotopic (exact) mass is 245 g/mol. The SMILES string of the molecule is Nc1cnc(C2CSc3ccccc3O2)nc1.